The van der Waals surface area contributed by atoms with Gasteiger partial charge in [0.05, 0.1) is 11.8 Å². The van der Waals surface area contributed by atoms with E-state index in [0.29, 0.717) is 23.1 Å². The highest BCUT2D eigenvalue weighted by atomic mass is 16.4. The molecule has 2 aliphatic rings. The summed E-state index contributed by atoms with van der Waals surface area (Å²) in [5.74, 6) is -2.21. The van der Waals surface area contributed by atoms with Crippen LogP contribution in [-0.4, -0.2) is 22.6 Å². The predicted molar refractivity (Wildman–Crippen MR) is 83.1 cm³/mol. The molecular weight excluding hydrogens is 280 g/mol. The molecule has 4 nitrogen and oxygen atoms in total. The van der Waals surface area contributed by atoms with Crippen molar-refractivity contribution in [3.05, 3.63) is 47.1 Å². The molecule has 0 aromatic rings. The third-order valence-electron chi connectivity index (χ3n) is 4.37. The normalized spacial score (nSPS) is 26.2. The number of Topliss-reactive ketones (excluding diaryl/α,β-unsaturated/α-hetero) is 2. The SMILES string of the molecule is CCC(/C=C\C1=C(C)C(=O)C2C(=CC=CC2C)C1=O)C(=O)O. The summed E-state index contributed by atoms with van der Waals surface area (Å²) in [5, 5.41) is 9.07. The van der Waals surface area contributed by atoms with Gasteiger partial charge in [0.1, 0.15) is 0 Å². The second kappa shape index (κ2) is 6.26. The van der Waals surface area contributed by atoms with Crippen molar-refractivity contribution in [2.45, 2.75) is 27.2 Å². The minimum atomic E-state index is -0.932. The maximum Gasteiger partial charge on any atom is 0.310 e. The Bertz CT molecular complexity index is 646. The van der Waals surface area contributed by atoms with Gasteiger partial charge in [0, 0.05) is 16.7 Å². The van der Waals surface area contributed by atoms with E-state index in [0.717, 1.165) is 0 Å². The van der Waals surface area contributed by atoms with Gasteiger partial charge in [0.25, 0.3) is 0 Å². The van der Waals surface area contributed by atoms with E-state index >= 15 is 0 Å². The second-order valence-electron chi connectivity index (χ2n) is 5.79. The van der Waals surface area contributed by atoms with Crippen molar-refractivity contribution in [1.29, 1.82) is 0 Å². The number of carboxylic acids is 1. The first-order chi connectivity index (χ1) is 10.4. The van der Waals surface area contributed by atoms with Crippen LogP contribution in [0.5, 0.6) is 0 Å². The fourth-order valence-electron chi connectivity index (χ4n) is 2.93. The van der Waals surface area contributed by atoms with E-state index in [1.165, 1.54) is 12.2 Å². The standard InChI is InChI=1S/C18H20O4/c1-4-12(18(21)22)8-9-13-11(3)16(19)15-10(2)6-5-7-14(15)17(13)20/h5-10,12,15H,4H2,1-3H3,(H,21,22)/b9-8-. The molecule has 4 heteroatoms. The Labute approximate surface area is 129 Å². The van der Waals surface area contributed by atoms with Crippen LogP contribution in [0.1, 0.15) is 27.2 Å². The Morgan fingerprint density at radius 3 is 2.68 bits per heavy atom. The Hall–Kier alpha value is -2.23. The number of carbonyl (C=O) groups excluding carboxylic acids is 2. The zero-order chi connectivity index (χ0) is 16.4. The molecule has 0 amide bonds. The first-order valence-corrected chi connectivity index (χ1v) is 7.47. The summed E-state index contributed by atoms with van der Waals surface area (Å²) in [6.45, 7) is 5.33. The Balaban J connectivity index is 2.41. The molecule has 0 aliphatic heterocycles. The van der Waals surface area contributed by atoms with Crippen LogP contribution in [0.15, 0.2) is 47.1 Å². The topological polar surface area (TPSA) is 71.4 Å². The molecular formula is C18H20O4. The Morgan fingerprint density at radius 2 is 2.09 bits per heavy atom. The fourth-order valence-corrected chi connectivity index (χ4v) is 2.93. The number of aliphatic carboxylic acids is 1. The highest BCUT2D eigenvalue weighted by Gasteiger charge is 2.39. The number of fused-ring (bicyclic) bond motifs is 1. The highest BCUT2D eigenvalue weighted by Crippen LogP contribution is 2.36. The van der Waals surface area contributed by atoms with Crippen LogP contribution in [0.3, 0.4) is 0 Å². The Morgan fingerprint density at radius 1 is 1.41 bits per heavy atom. The average molecular weight is 300 g/mol. The van der Waals surface area contributed by atoms with Crippen molar-refractivity contribution >= 4 is 17.5 Å². The first-order valence-electron chi connectivity index (χ1n) is 7.47. The molecule has 2 rings (SSSR count). The number of carbonyl (C=O) groups is 3. The maximum atomic E-state index is 12.6. The van der Waals surface area contributed by atoms with Crippen molar-refractivity contribution in [2.24, 2.45) is 17.8 Å². The van der Waals surface area contributed by atoms with Gasteiger partial charge < -0.3 is 5.11 Å². The summed E-state index contributed by atoms with van der Waals surface area (Å²) in [6.07, 6.45) is 8.85. The molecule has 0 saturated carbocycles. The zero-order valence-electron chi connectivity index (χ0n) is 13.0. The van der Waals surface area contributed by atoms with Gasteiger partial charge in [-0.15, -0.1) is 0 Å². The van der Waals surface area contributed by atoms with Crippen LogP contribution < -0.4 is 0 Å². The number of allylic oxidation sites excluding steroid dienone is 7. The molecule has 0 fully saturated rings. The van der Waals surface area contributed by atoms with Gasteiger partial charge in [0.2, 0.25) is 0 Å². The van der Waals surface area contributed by atoms with Crippen molar-refractivity contribution in [3.63, 3.8) is 0 Å². The van der Waals surface area contributed by atoms with Gasteiger partial charge in [-0.3, -0.25) is 14.4 Å². The lowest BCUT2D eigenvalue weighted by Crippen LogP contribution is -2.34. The third kappa shape index (κ3) is 2.73. The summed E-state index contributed by atoms with van der Waals surface area (Å²) in [6, 6.07) is 0. The van der Waals surface area contributed by atoms with Crippen LogP contribution in [0, 0.1) is 17.8 Å². The van der Waals surface area contributed by atoms with Crippen molar-refractivity contribution in [1.82, 2.24) is 0 Å². The van der Waals surface area contributed by atoms with Crippen LogP contribution >= 0.6 is 0 Å². The lowest BCUT2D eigenvalue weighted by Gasteiger charge is -2.30. The summed E-state index contributed by atoms with van der Waals surface area (Å²) < 4.78 is 0. The van der Waals surface area contributed by atoms with Crippen LogP contribution in [0.4, 0.5) is 0 Å². The van der Waals surface area contributed by atoms with E-state index in [-0.39, 0.29) is 17.5 Å². The molecule has 3 unspecified atom stereocenters. The van der Waals surface area contributed by atoms with E-state index in [2.05, 4.69) is 0 Å². The summed E-state index contributed by atoms with van der Waals surface area (Å²) >= 11 is 0. The molecule has 0 heterocycles. The molecule has 22 heavy (non-hydrogen) atoms. The number of ketones is 2. The van der Waals surface area contributed by atoms with E-state index in [1.54, 1.807) is 26.0 Å². The minimum absolute atomic E-state index is 0.000612. The molecule has 116 valence electrons. The van der Waals surface area contributed by atoms with Gasteiger partial charge in [-0.05, 0) is 19.3 Å². The summed E-state index contributed by atoms with van der Waals surface area (Å²) in [4.78, 5) is 36.2. The van der Waals surface area contributed by atoms with Gasteiger partial charge in [-0.1, -0.05) is 44.2 Å². The lowest BCUT2D eigenvalue weighted by atomic mass is 9.71. The lowest BCUT2D eigenvalue weighted by molar-refractivity contribution is -0.140. The molecule has 0 radical (unpaired) electrons. The van der Waals surface area contributed by atoms with Crippen molar-refractivity contribution in [2.75, 3.05) is 0 Å². The molecule has 1 N–H and O–H groups in total. The van der Waals surface area contributed by atoms with Crippen molar-refractivity contribution < 1.29 is 19.5 Å². The highest BCUT2D eigenvalue weighted by molar-refractivity contribution is 6.23. The maximum absolute atomic E-state index is 12.6. The number of rotatable bonds is 4. The van der Waals surface area contributed by atoms with E-state index < -0.39 is 17.8 Å². The van der Waals surface area contributed by atoms with Gasteiger partial charge in [0.15, 0.2) is 11.6 Å². The van der Waals surface area contributed by atoms with E-state index in [4.69, 9.17) is 5.11 Å². The van der Waals surface area contributed by atoms with E-state index in [1.807, 2.05) is 13.0 Å². The monoisotopic (exact) mass is 300 g/mol. The quantitative estimate of drug-likeness (QED) is 0.866. The first kappa shape index (κ1) is 16.1. The van der Waals surface area contributed by atoms with Crippen LogP contribution in [0.2, 0.25) is 0 Å². The zero-order valence-corrected chi connectivity index (χ0v) is 13.0. The molecule has 0 saturated heterocycles. The van der Waals surface area contributed by atoms with Crippen LogP contribution in [-0.2, 0) is 14.4 Å². The van der Waals surface area contributed by atoms with Crippen LogP contribution in [0.25, 0.3) is 0 Å². The molecule has 0 aromatic carbocycles. The number of hydrogen-bond donors (Lipinski definition) is 1. The fraction of sp³-hybridized carbons (Fsp3) is 0.389. The van der Waals surface area contributed by atoms with Gasteiger partial charge in [-0.25, -0.2) is 0 Å². The largest absolute Gasteiger partial charge is 0.481 e. The molecule has 0 bridgehead atoms. The van der Waals surface area contributed by atoms with E-state index in [9.17, 15) is 14.4 Å². The summed E-state index contributed by atoms with van der Waals surface area (Å²) in [7, 11) is 0. The summed E-state index contributed by atoms with van der Waals surface area (Å²) in [5.41, 5.74) is 1.24. The van der Waals surface area contributed by atoms with Gasteiger partial charge in [-0.2, -0.15) is 0 Å². The third-order valence-corrected chi connectivity index (χ3v) is 4.37. The Kier molecular flexibility index (Phi) is 4.59. The van der Waals surface area contributed by atoms with Crippen molar-refractivity contribution in [3.8, 4) is 0 Å². The molecule has 0 spiro atoms. The number of hydrogen-bond acceptors (Lipinski definition) is 3. The predicted octanol–water partition coefficient (Wildman–Crippen LogP) is 2.87. The smallest absolute Gasteiger partial charge is 0.310 e. The minimum Gasteiger partial charge on any atom is -0.481 e. The second-order valence-corrected chi connectivity index (χ2v) is 5.79. The average Bonchev–Trinajstić information content (AvgIpc) is 2.48. The molecule has 2 aliphatic carbocycles. The number of carboxylic acid groups (broad SMARTS) is 1. The molecule has 3 atom stereocenters. The molecule has 0 aromatic heterocycles. The van der Waals surface area contributed by atoms with Gasteiger partial charge >= 0.3 is 5.97 Å².